The van der Waals surface area contributed by atoms with Gasteiger partial charge in [-0.05, 0) is 76.7 Å². The second-order valence-electron chi connectivity index (χ2n) is 11.6. The first-order valence-corrected chi connectivity index (χ1v) is 14.7. The zero-order valence-electron chi connectivity index (χ0n) is 23.0. The van der Waals surface area contributed by atoms with Crippen LogP contribution in [0, 0.1) is 5.92 Å². The molecule has 0 N–H and O–H groups in total. The van der Waals surface area contributed by atoms with Crippen molar-refractivity contribution in [3.63, 3.8) is 0 Å². The summed E-state index contributed by atoms with van der Waals surface area (Å²) >= 11 is 0. The Labute approximate surface area is 239 Å². The van der Waals surface area contributed by atoms with Crippen LogP contribution in [0.15, 0.2) is 60.7 Å². The van der Waals surface area contributed by atoms with Crippen molar-refractivity contribution in [2.75, 3.05) is 46.2 Å². The third-order valence-electron chi connectivity index (χ3n) is 8.15. The maximum absolute atomic E-state index is 6.38. The van der Waals surface area contributed by atoms with E-state index < -0.39 is 0 Å². The summed E-state index contributed by atoms with van der Waals surface area (Å²) in [5, 5.41) is 4.51. The Morgan fingerprint density at radius 3 is 1.44 bits per heavy atom. The number of fused-ring (bicyclic) bond motifs is 2. The van der Waals surface area contributed by atoms with Crippen LogP contribution in [0.25, 0.3) is 21.5 Å². The quantitative estimate of drug-likeness (QED) is 0.185. The van der Waals surface area contributed by atoms with Gasteiger partial charge in [0.25, 0.3) is 0 Å². The summed E-state index contributed by atoms with van der Waals surface area (Å²) in [6.45, 7) is 4.67. The third-order valence-corrected chi connectivity index (χ3v) is 8.15. The lowest BCUT2D eigenvalue weighted by molar-refractivity contribution is 0.259. The number of rotatable bonds is 14. The Morgan fingerprint density at radius 2 is 0.976 bits per heavy atom. The zero-order chi connectivity index (χ0) is 27.2. The highest BCUT2D eigenvalue weighted by Gasteiger charge is 2.27. The zero-order valence-corrected chi connectivity index (χ0v) is 23.0. The van der Waals surface area contributed by atoms with Gasteiger partial charge < -0.3 is 33.2 Å². The van der Waals surface area contributed by atoms with E-state index in [9.17, 15) is 0 Å². The first kappa shape index (κ1) is 25.2. The fourth-order valence-electron chi connectivity index (χ4n) is 5.22. The molecule has 7 nitrogen and oxygen atoms in total. The Hall–Kier alpha value is -3.52. The van der Waals surface area contributed by atoms with Gasteiger partial charge in [-0.15, -0.1) is 0 Å². The van der Waals surface area contributed by atoms with E-state index in [1.54, 1.807) is 0 Å². The Bertz CT molecular complexity index is 1440. The molecule has 3 unspecified atom stereocenters. The van der Waals surface area contributed by atoms with Gasteiger partial charge in [-0.1, -0.05) is 24.3 Å². The van der Waals surface area contributed by atoms with E-state index in [2.05, 4.69) is 54.6 Å². The van der Waals surface area contributed by atoms with Crippen molar-refractivity contribution in [2.24, 2.45) is 5.92 Å². The van der Waals surface area contributed by atoms with E-state index in [1.807, 2.05) is 6.07 Å². The van der Waals surface area contributed by atoms with Gasteiger partial charge in [0.15, 0.2) is 0 Å². The largest absolute Gasteiger partial charge is 0.493 e. The number of benzene rings is 4. The molecule has 1 saturated carbocycles. The van der Waals surface area contributed by atoms with Gasteiger partial charge in [0.05, 0.1) is 26.4 Å². The van der Waals surface area contributed by atoms with Crippen LogP contribution < -0.4 is 18.9 Å². The molecule has 4 aliphatic rings. The fraction of sp³-hybridized carbons (Fsp3) is 0.412. The summed E-state index contributed by atoms with van der Waals surface area (Å²) in [7, 11) is 0. The van der Waals surface area contributed by atoms with Crippen molar-refractivity contribution >= 4 is 21.5 Å². The van der Waals surface area contributed by atoms with Crippen molar-refractivity contribution in [1.82, 2.24) is 0 Å². The van der Waals surface area contributed by atoms with Crippen LogP contribution in [0.4, 0.5) is 0 Å². The van der Waals surface area contributed by atoms with Crippen molar-refractivity contribution in [3.8, 4) is 23.0 Å². The van der Waals surface area contributed by atoms with Gasteiger partial charge in [0.1, 0.15) is 61.1 Å². The molecule has 0 bridgehead atoms. The number of hydrogen-bond acceptors (Lipinski definition) is 7. The van der Waals surface area contributed by atoms with E-state index in [4.69, 9.17) is 33.2 Å². The fourth-order valence-corrected chi connectivity index (χ4v) is 5.22. The molecule has 4 aromatic carbocycles. The second-order valence-corrected chi connectivity index (χ2v) is 11.6. The Balaban J connectivity index is 1.21. The maximum atomic E-state index is 6.38. The molecule has 0 spiro atoms. The summed E-state index contributed by atoms with van der Waals surface area (Å²) < 4.78 is 41.3. The van der Waals surface area contributed by atoms with E-state index in [0.717, 1.165) is 82.1 Å². The minimum absolute atomic E-state index is 0.160. The molecule has 8 rings (SSSR count). The normalized spacial score (nSPS) is 22.5. The van der Waals surface area contributed by atoms with Gasteiger partial charge in [-0.25, -0.2) is 0 Å². The summed E-state index contributed by atoms with van der Waals surface area (Å²) in [5.41, 5.74) is 2.21. The summed E-state index contributed by atoms with van der Waals surface area (Å²) in [4.78, 5) is 0. The number of epoxide rings is 3. The lowest BCUT2D eigenvalue weighted by atomic mass is 9.93. The molecule has 3 atom stereocenters. The predicted molar refractivity (Wildman–Crippen MR) is 155 cm³/mol. The summed E-state index contributed by atoms with van der Waals surface area (Å²) in [6, 6.07) is 21.1. The molecule has 212 valence electrons. The molecular formula is C34H34O7. The molecule has 3 aliphatic heterocycles. The first-order chi connectivity index (χ1) is 20.2. The van der Waals surface area contributed by atoms with Crippen LogP contribution >= 0.6 is 0 Å². The molecule has 41 heavy (non-hydrogen) atoms. The van der Waals surface area contributed by atoms with Gasteiger partial charge in [-0.2, -0.15) is 0 Å². The maximum Gasteiger partial charge on any atom is 0.123 e. The second kappa shape index (κ2) is 10.7. The minimum Gasteiger partial charge on any atom is -0.493 e. The van der Waals surface area contributed by atoms with Crippen LogP contribution in [-0.4, -0.2) is 64.6 Å². The average Bonchev–Trinajstić information content (AvgIpc) is 3.83. The Morgan fingerprint density at radius 1 is 0.537 bits per heavy atom. The molecule has 0 amide bonds. The van der Waals surface area contributed by atoms with Crippen LogP contribution in [-0.2, 0) is 20.6 Å². The molecule has 7 heteroatoms. The minimum atomic E-state index is 0.160. The van der Waals surface area contributed by atoms with Crippen LogP contribution in [0.5, 0.6) is 23.0 Å². The lowest BCUT2D eigenvalue weighted by Crippen LogP contribution is -2.09. The number of ether oxygens (including phenoxy) is 7. The number of hydrogen-bond donors (Lipinski definition) is 0. The van der Waals surface area contributed by atoms with Crippen LogP contribution in [0.1, 0.15) is 24.0 Å². The monoisotopic (exact) mass is 554 g/mol. The van der Waals surface area contributed by atoms with Crippen molar-refractivity contribution < 1.29 is 33.2 Å². The highest BCUT2D eigenvalue weighted by atomic mass is 16.6. The molecule has 0 radical (unpaired) electrons. The predicted octanol–water partition coefficient (Wildman–Crippen LogP) is 5.71. The van der Waals surface area contributed by atoms with Crippen molar-refractivity contribution in [2.45, 2.75) is 37.6 Å². The van der Waals surface area contributed by atoms with E-state index in [1.165, 1.54) is 12.8 Å². The smallest absolute Gasteiger partial charge is 0.123 e. The Kier molecular flexibility index (Phi) is 6.59. The highest BCUT2D eigenvalue weighted by Crippen LogP contribution is 2.39. The SMILES string of the molecule is c1cc2ccc(OCC3CO3)c(Cc3c(OCC4CO4)ccc4ccc(OCC5CO5)cc34)c2cc1OCC1CC1. The molecule has 3 saturated heterocycles. The van der Waals surface area contributed by atoms with E-state index in [-0.39, 0.29) is 18.3 Å². The van der Waals surface area contributed by atoms with Crippen LogP contribution in [0.2, 0.25) is 0 Å². The van der Waals surface area contributed by atoms with Crippen LogP contribution in [0.3, 0.4) is 0 Å². The van der Waals surface area contributed by atoms with Gasteiger partial charge in [0, 0.05) is 17.5 Å². The van der Waals surface area contributed by atoms with Crippen molar-refractivity contribution in [3.05, 3.63) is 71.8 Å². The molecular weight excluding hydrogens is 520 g/mol. The van der Waals surface area contributed by atoms with Gasteiger partial charge >= 0.3 is 0 Å². The molecule has 0 aromatic heterocycles. The average molecular weight is 555 g/mol. The van der Waals surface area contributed by atoms with Gasteiger partial charge in [0.2, 0.25) is 0 Å². The topological polar surface area (TPSA) is 74.5 Å². The van der Waals surface area contributed by atoms with E-state index >= 15 is 0 Å². The molecule has 3 heterocycles. The third kappa shape index (κ3) is 6.08. The molecule has 4 fully saturated rings. The summed E-state index contributed by atoms with van der Waals surface area (Å²) in [5.74, 6) is 4.12. The molecule has 4 aromatic rings. The van der Waals surface area contributed by atoms with Gasteiger partial charge in [-0.3, -0.25) is 0 Å². The standard InChI is InChI=1S/C34H34O7/c1-2-21(1)14-35-24-7-3-22-5-9-33(40-19-27-17-38-27)31(29(22)11-24)13-32-30-12-25(36-15-26-16-37-26)8-4-23(30)6-10-34(32)41-20-28-18-39-28/h3-12,21,26-28H,1-2,13-20H2. The van der Waals surface area contributed by atoms with Crippen molar-refractivity contribution in [1.29, 1.82) is 0 Å². The van der Waals surface area contributed by atoms with E-state index in [0.29, 0.717) is 32.2 Å². The molecule has 1 aliphatic carbocycles. The first-order valence-electron chi connectivity index (χ1n) is 14.7. The lowest BCUT2D eigenvalue weighted by Gasteiger charge is -2.19. The summed E-state index contributed by atoms with van der Waals surface area (Å²) in [6.07, 6.45) is 3.66. The highest BCUT2D eigenvalue weighted by molar-refractivity contribution is 5.93.